The second kappa shape index (κ2) is 6.72. The summed E-state index contributed by atoms with van der Waals surface area (Å²) in [7, 11) is 0. The molecule has 0 unspecified atom stereocenters. The summed E-state index contributed by atoms with van der Waals surface area (Å²) in [6.45, 7) is 2.62. The smallest absolute Gasteiger partial charge is 0.193 e. The topological polar surface area (TPSA) is 52.3 Å². The maximum absolute atomic E-state index is 13.4. The summed E-state index contributed by atoms with van der Waals surface area (Å²) in [6.07, 6.45) is 0.901. The van der Waals surface area contributed by atoms with E-state index in [0.717, 1.165) is 12.5 Å². The minimum atomic E-state index is -0.595. The van der Waals surface area contributed by atoms with Gasteiger partial charge in [-0.25, -0.2) is 4.39 Å². The van der Waals surface area contributed by atoms with Gasteiger partial charge in [0.05, 0.1) is 16.8 Å². The number of hydrogen-bond acceptors (Lipinski definition) is 3. The number of ether oxygens (including phenoxy) is 1. The molecule has 2 aromatic carbocycles. The van der Waals surface area contributed by atoms with Crippen molar-refractivity contribution in [3.05, 3.63) is 57.8 Å². The van der Waals surface area contributed by atoms with Crippen molar-refractivity contribution in [2.75, 3.05) is 12.3 Å². The van der Waals surface area contributed by atoms with Gasteiger partial charge in [-0.3, -0.25) is 4.79 Å². The van der Waals surface area contributed by atoms with E-state index in [9.17, 15) is 9.18 Å². The molecule has 0 aliphatic heterocycles. The molecule has 0 atom stereocenters. The summed E-state index contributed by atoms with van der Waals surface area (Å²) in [4.78, 5) is 12.3. The predicted octanol–water partition coefficient (Wildman–Crippen LogP) is 4.19. The van der Waals surface area contributed by atoms with E-state index in [-0.39, 0.29) is 17.0 Å². The van der Waals surface area contributed by atoms with Gasteiger partial charge in [0.2, 0.25) is 0 Å². The number of rotatable bonds is 5. The fourth-order valence-corrected chi connectivity index (χ4v) is 2.30. The van der Waals surface area contributed by atoms with Crippen LogP contribution in [0.5, 0.6) is 5.75 Å². The molecule has 0 aliphatic carbocycles. The first-order valence-electron chi connectivity index (χ1n) is 6.55. The van der Waals surface area contributed by atoms with Crippen molar-refractivity contribution in [1.82, 2.24) is 0 Å². The summed E-state index contributed by atoms with van der Waals surface area (Å²) >= 11 is 3.37. The molecule has 0 heterocycles. The number of halogens is 2. The van der Waals surface area contributed by atoms with E-state index in [1.807, 2.05) is 6.92 Å². The molecule has 0 saturated heterocycles. The average molecular weight is 352 g/mol. The van der Waals surface area contributed by atoms with Crippen LogP contribution in [-0.4, -0.2) is 12.4 Å². The van der Waals surface area contributed by atoms with E-state index in [0.29, 0.717) is 22.4 Å². The second-order valence-corrected chi connectivity index (χ2v) is 5.41. The Morgan fingerprint density at radius 1 is 1.24 bits per heavy atom. The summed E-state index contributed by atoms with van der Waals surface area (Å²) in [6, 6.07) is 9.09. The van der Waals surface area contributed by atoms with Crippen molar-refractivity contribution in [2.45, 2.75) is 13.3 Å². The highest BCUT2D eigenvalue weighted by Crippen LogP contribution is 2.27. The first-order valence-corrected chi connectivity index (χ1v) is 7.34. The third kappa shape index (κ3) is 3.61. The highest BCUT2D eigenvalue weighted by atomic mass is 79.9. The third-order valence-corrected chi connectivity index (χ3v) is 3.54. The average Bonchev–Trinajstić information content (AvgIpc) is 2.48. The number of hydrogen-bond donors (Lipinski definition) is 1. The molecule has 0 saturated carbocycles. The van der Waals surface area contributed by atoms with Crippen molar-refractivity contribution >= 4 is 27.4 Å². The number of carbonyl (C=O) groups is 1. The van der Waals surface area contributed by atoms with Crippen LogP contribution in [0.25, 0.3) is 0 Å². The molecule has 0 aliphatic rings. The molecular formula is C16H15BrFNO2. The minimum absolute atomic E-state index is 0.0241. The monoisotopic (exact) mass is 351 g/mol. The van der Waals surface area contributed by atoms with Crippen LogP contribution in [0.2, 0.25) is 0 Å². The molecule has 0 spiro atoms. The van der Waals surface area contributed by atoms with Crippen molar-refractivity contribution < 1.29 is 13.9 Å². The molecule has 3 nitrogen and oxygen atoms in total. The molecule has 0 aromatic heterocycles. The first kappa shape index (κ1) is 15.5. The normalized spacial score (nSPS) is 10.4. The Bertz CT molecular complexity index is 673. The highest BCUT2D eigenvalue weighted by Gasteiger charge is 2.13. The quantitative estimate of drug-likeness (QED) is 0.649. The van der Waals surface area contributed by atoms with Crippen molar-refractivity contribution in [1.29, 1.82) is 0 Å². The summed E-state index contributed by atoms with van der Waals surface area (Å²) in [5, 5.41) is 0. The van der Waals surface area contributed by atoms with Crippen LogP contribution < -0.4 is 10.5 Å². The largest absolute Gasteiger partial charge is 0.492 e. The van der Waals surface area contributed by atoms with Gasteiger partial charge in [-0.1, -0.05) is 6.92 Å². The number of nitrogens with two attached hydrogens (primary N) is 1. The van der Waals surface area contributed by atoms with Crippen molar-refractivity contribution in [3.8, 4) is 5.75 Å². The Labute approximate surface area is 131 Å². The zero-order chi connectivity index (χ0) is 15.4. The maximum atomic E-state index is 13.4. The van der Waals surface area contributed by atoms with Crippen LogP contribution in [0, 0.1) is 5.82 Å². The number of nitrogen functional groups attached to an aromatic ring is 1. The van der Waals surface area contributed by atoms with Gasteiger partial charge in [0.1, 0.15) is 11.6 Å². The number of ketones is 1. The highest BCUT2D eigenvalue weighted by molar-refractivity contribution is 9.10. The molecule has 5 heteroatoms. The second-order valence-electron chi connectivity index (χ2n) is 4.56. The van der Waals surface area contributed by atoms with E-state index in [4.69, 9.17) is 10.5 Å². The lowest BCUT2D eigenvalue weighted by molar-refractivity contribution is 0.103. The van der Waals surface area contributed by atoms with Crippen LogP contribution in [0.15, 0.2) is 40.9 Å². The zero-order valence-corrected chi connectivity index (χ0v) is 13.1. The Morgan fingerprint density at radius 3 is 2.52 bits per heavy atom. The van der Waals surface area contributed by atoms with Gasteiger partial charge in [-0.2, -0.15) is 0 Å². The molecule has 2 N–H and O–H groups in total. The Kier molecular flexibility index (Phi) is 4.96. The van der Waals surface area contributed by atoms with Gasteiger partial charge in [-0.05, 0) is 58.7 Å². The summed E-state index contributed by atoms with van der Waals surface area (Å²) in [5.74, 6) is -0.184. The van der Waals surface area contributed by atoms with Gasteiger partial charge in [-0.15, -0.1) is 0 Å². The van der Waals surface area contributed by atoms with Crippen LogP contribution >= 0.6 is 15.9 Å². The lowest BCUT2D eigenvalue weighted by atomic mass is 10.0. The SMILES string of the molecule is CCCOc1ccc(C(=O)c2ccc(N)c(F)c2)cc1Br. The molecule has 0 amide bonds. The predicted molar refractivity (Wildman–Crippen MR) is 84.2 cm³/mol. The van der Waals surface area contributed by atoms with Crippen molar-refractivity contribution in [3.63, 3.8) is 0 Å². The molecule has 0 bridgehead atoms. The van der Waals surface area contributed by atoms with Gasteiger partial charge >= 0.3 is 0 Å². The molecule has 0 fully saturated rings. The molecule has 2 rings (SSSR count). The van der Waals surface area contributed by atoms with Crippen LogP contribution in [0.3, 0.4) is 0 Å². The maximum Gasteiger partial charge on any atom is 0.193 e. The van der Waals surface area contributed by atoms with E-state index >= 15 is 0 Å². The Hall–Kier alpha value is -1.88. The van der Waals surface area contributed by atoms with Gasteiger partial charge in [0, 0.05) is 11.1 Å². The van der Waals surface area contributed by atoms with Crippen LogP contribution in [0.4, 0.5) is 10.1 Å². The lowest BCUT2D eigenvalue weighted by Crippen LogP contribution is -2.04. The van der Waals surface area contributed by atoms with Gasteiger partial charge in [0.25, 0.3) is 0 Å². The summed E-state index contributed by atoms with van der Waals surface area (Å²) < 4.78 is 19.7. The van der Waals surface area contributed by atoms with Crippen molar-refractivity contribution in [2.24, 2.45) is 0 Å². The van der Waals surface area contributed by atoms with E-state index < -0.39 is 5.82 Å². The van der Waals surface area contributed by atoms with E-state index in [1.54, 1.807) is 18.2 Å². The Balaban J connectivity index is 2.27. The molecule has 2 aromatic rings. The fourth-order valence-electron chi connectivity index (χ4n) is 1.81. The number of benzene rings is 2. The standard InChI is InChI=1S/C16H15BrFNO2/c1-2-7-21-15-6-4-10(8-12(15)17)16(20)11-3-5-14(19)13(18)9-11/h3-6,8-9H,2,7,19H2,1H3. The van der Waals surface area contributed by atoms with Crippen LogP contribution in [0.1, 0.15) is 29.3 Å². The van der Waals surface area contributed by atoms with E-state index in [2.05, 4.69) is 15.9 Å². The summed E-state index contributed by atoms with van der Waals surface area (Å²) in [5.41, 5.74) is 6.15. The third-order valence-electron chi connectivity index (χ3n) is 2.92. The first-order chi connectivity index (χ1) is 10.0. The number of anilines is 1. The molecule has 110 valence electrons. The molecule has 21 heavy (non-hydrogen) atoms. The molecule has 0 radical (unpaired) electrons. The zero-order valence-electron chi connectivity index (χ0n) is 11.5. The van der Waals surface area contributed by atoms with Crippen LogP contribution in [-0.2, 0) is 0 Å². The fraction of sp³-hybridized carbons (Fsp3) is 0.188. The lowest BCUT2D eigenvalue weighted by Gasteiger charge is -2.09. The van der Waals surface area contributed by atoms with Gasteiger partial charge < -0.3 is 10.5 Å². The minimum Gasteiger partial charge on any atom is -0.492 e. The van der Waals surface area contributed by atoms with Gasteiger partial charge in [0.15, 0.2) is 5.78 Å². The Morgan fingerprint density at radius 2 is 1.90 bits per heavy atom. The molecular weight excluding hydrogens is 337 g/mol. The van der Waals surface area contributed by atoms with E-state index in [1.165, 1.54) is 12.1 Å². The number of carbonyl (C=O) groups excluding carboxylic acids is 1.